The standard InChI is InChI=1S/C10H9BrO3/c1-13-10(12)9-8(14-9)6-4-2-3-5-7(6)11/h2-5,8-9H,1H3. The summed E-state index contributed by atoms with van der Waals surface area (Å²) in [6, 6.07) is 7.68. The van der Waals surface area contributed by atoms with E-state index in [1.807, 2.05) is 24.3 Å². The Labute approximate surface area is 90.1 Å². The van der Waals surface area contributed by atoms with Gasteiger partial charge < -0.3 is 9.47 Å². The van der Waals surface area contributed by atoms with E-state index in [1.54, 1.807) is 0 Å². The third-order valence-electron chi connectivity index (χ3n) is 2.14. The van der Waals surface area contributed by atoms with Gasteiger partial charge in [0.2, 0.25) is 0 Å². The normalized spacial score (nSPS) is 24.4. The highest BCUT2D eigenvalue weighted by atomic mass is 79.9. The first-order chi connectivity index (χ1) is 6.74. The van der Waals surface area contributed by atoms with E-state index in [2.05, 4.69) is 20.7 Å². The summed E-state index contributed by atoms with van der Waals surface area (Å²) < 4.78 is 10.8. The molecule has 4 heteroatoms. The van der Waals surface area contributed by atoms with E-state index in [0.717, 1.165) is 10.0 Å². The third-order valence-corrected chi connectivity index (χ3v) is 2.86. The molecule has 14 heavy (non-hydrogen) atoms. The van der Waals surface area contributed by atoms with Crippen LogP contribution in [0.25, 0.3) is 0 Å². The molecule has 1 heterocycles. The van der Waals surface area contributed by atoms with E-state index in [-0.39, 0.29) is 12.1 Å². The Morgan fingerprint density at radius 2 is 2.21 bits per heavy atom. The molecule has 3 nitrogen and oxygen atoms in total. The zero-order valence-electron chi connectivity index (χ0n) is 7.57. The molecule has 0 bridgehead atoms. The Morgan fingerprint density at radius 1 is 1.50 bits per heavy atom. The summed E-state index contributed by atoms with van der Waals surface area (Å²) >= 11 is 3.40. The number of epoxide rings is 1. The van der Waals surface area contributed by atoms with Crippen LogP contribution < -0.4 is 0 Å². The van der Waals surface area contributed by atoms with Gasteiger partial charge in [-0.2, -0.15) is 0 Å². The number of hydrogen-bond donors (Lipinski definition) is 0. The first-order valence-corrected chi connectivity index (χ1v) is 5.01. The van der Waals surface area contributed by atoms with Crippen molar-refractivity contribution in [1.82, 2.24) is 0 Å². The molecule has 2 atom stereocenters. The smallest absolute Gasteiger partial charge is 0.338 e. The number of benzene rings is 1. The van der Waals surface area contributed by atoms with E-state index >= 15 is 0 Å². The summed E-state index contributed by atoms with van der Waals surface area (Å²) in [4.78, 5) is 11.1. The molecule has 0 aromatic heterocycles. The van der Waals surface area contributed by atoms with Gasteiger partial charge in [0.05, 0.1) is 7.11 Å². The SMILES string of the molecule is COC(=O)C1OC1c1ccccc1Br. The fourth-order valence-electron chi connectivity index (χ4n) is 1.35. The van der Waals surface area contributed by atoms with Crippen molar-refractivity contribution in [2.24, 2.45) is 0 Å². The van der Waals surface area contributed by atoms with Gasteiger partial charge in [-0.1, -0.05) is 34.1 Å². The summed E-state index contributed by atoms with van der Waals surface area (Å²) in [6.07, 6.45) is -0.586. The lowest BCUT2D eigenvalue weighted by molar-refractivity contribution is -0.142. The van der Waals surface area contributed by atoms with E-state index in [4.69, 9.17) is 4.74 Å². The van der Waals surface area contributed by atoms with Crippen LogP contribution in [0.15, 0.2) is 28.7 Å². The molecule has 0 radical (unpaired) electrons. The van der Waals surface area contributed by atoms with Crippen molar-refractivity contribution in [2.75, 3.05) is 7.11 Å². The van der Waals surface area contributed by atoms with Crippen molar-refractivity contribution in [3.05, 3.63) is 34.3 Å². The summed E-state index contributed by atoms with van der Waals surface area (Å²) in [5, 5.41) is 0. The van der Waals surface area contributed by atoms with Crippen LogP contribution in [-0.4, -0.2) is 19.2 Å². The Bertz CT molecular complexity index is 364. The second-order valence-electron chi connectivity index (χ2n) is 3.02. The highest BCUT2D eigenvalue weighted by molar-refractivity contribution is 9.10. The fraction of sp³-hybridized carbons (Fsp3) is 0.300. The molecule has 1 aliphatic heterocycles. The minimum atomic E-state index is -0.432. The van der Waals surface area contributed by atoms with Gasteiger partial charge in [0.15, 0.2) is 6.10 Å². The lowest BCUT2D eigenvalue weighted by Crippen LogP contribution is -2.09. The van der Waals surface area contributed by atoms with E-state index in [1.165, 1.54) is 7.11 Å². The lowest BCUT2D eigenvalue weighted by atomic mass is 10.1. The minimum Gasteiger partial charge on any atom is -0.467 e. The quantitative estimate of drug-likeness (QED) is 0.601. The van der Waals surface area contributed by atoms with E-state index in [0.29, 0.717) is 0 Å². The predicted octanol–water partition coefficient (Wildman–Crippen LogP) is 2.06. The summed E-state index contributed by atoms with van der Waals surface area (Å²) in [5.41, 5.74) is 0.989. The molecular weight excluding hydrogens is 248 g/mol. The van der Waals surface area contributed by atoms with Gasteiger partial charge in [-0.05, 0) is 11.6 Å². The largest absolute Gasteiger partial charge is 0.467 e. The van der Waals surface area contributed by atoms with Gasteiger partial charge in [-0.3, -0.25) is 0 Å². The highest BCUT2D eigenvalue weighted by Crippen LogP contribution is 2.42. The van der Waals surface area contributed by atoms with E-state index < -0.39 is 6.10 Å². The van der Waals surface area contributed by atoms with Crippen LogP contribution in [-0.2, 0) is 14.3 Å². The third kappa shape index (κ3) is 1.67. The topological polar surface area (TPSA) is 38.8 Å². The second kappa shape index (κ2) is 3.71. The lowest BCUT2D eigenvalue weighted by Gasteiger charge is -1.98. The number of carbonyl (C=O) groups is 1. The summed E-state index contributed by atoms with van der Waals surface area (Å²) in [6.45, 7) is 0. The maximum atomic E-state index is 11.1. The molecule has 2 unspecified atom stereocenters. The molecule has 1 saturated heterocycles. The van der Waals surface area contributed by atoms with Crippen molar-refractivity contribution < 1.29 is 14.3 Å². The van der Waals surface area contributed by atoms with Crippen molar-refractivity contribution in [3.63, 3.8) is 0 Å². The number of methoxy groups -OCH3 is 1. The van der Waals surface area contributed by atoms with Crippen LogP contribution in [0, 0.1) is 0 Å². The van der Waals surface area contributed by atoms with Gasteiger partial charge in [-0.25, -0.2) is 4.79 Å². The van der Waals surface area contributed by atoms with Crippen LogP contribution in [0.1, 0.15) is 11.7 Å². The van der Waals surface area contributed by atoms with Crippen LogP contribution in [0.3, 0.4) is 0 Å². The zero-order chi connectivity index (χ0) is 10.1. The second-order valence-corrected chi connectivity index (χ2v) is 3.88. The molecule has 1 aromatic rings. The van der Waals surface area contributed by atoms with Gasteiger partial charge in [-0.15, -0.1) is 0 Å². The number of carbonyl (C=O) groups excluding carboxylic acids is 1. The number of esters is 1. The molecule has 2 rings (SSSR count). The summed E-state index contributed by atoms with van der Waals surface area (Å²) in [5.74, 6) is -0.314. The number of rotatable bonds is 2. The van der Waals surface area contributed by atoms with Crippen molar-refractivity contribution in [2.45, 2.75) is 12.2 Å². The Kier molecular flexibility index (Phi) is 2.56. The first kappa shape index (κ1) is 9.68. The first-order valence-electron chi connectivity index (χ1n) is 4.21. The zero-order valence-corrected chi connectivity index (χ0v) is 9.15. The molecule has 0 aliphatic carbocycles. The predicted molar refractivity (Wildman–Crippen MR) is 53.8 cm³/mol. The molecular formula is C10H9BrO3. The maximum absolute atomic E-state index is 11.1. The van der Waals surface area contributed by atoms with Crippen LogP contribution in [0.2, 0.25) is 0 Å². The molecule has 1 aromatic carbocycles. The molecule has 74 valence electrons. The monoisotopic (exact) mass is 256 g/mol. The Balaban J connectivity index is 2.13. The van der Waals surface area contributed by atoms with Crippen LogP contribution in [0.5, 0.6) is 0 Å². The van der Waals surface area contributed by atoms with Gasteiger partial charge in [0, 0.05) is 4.47 Å². The van der Waals surface area contributed by atoms with Gasteiger partial charge in [0.25, 0.3) is 0 Å². The number of halogens is 1. The van der Waals surface area contributed by atoms with Crippen LogP contribution in [0.4, 0.5) is 0 Å². The van der Waals surface area contributed by atoms with E-state index in [9.17, 15) is 4.79 Å². The number of hydrogen-bond acceptors (Lipinski definition) is 3. The maximum Gasteiger partial charge on any atom is 0.338 e. The van der Waals surface area contributed by atoms with Crippen molar-refractivity contribution in [1.29, 1.82) is 0 Å². The van der Waals surface area contributed by atoms with Crippen molar-refractivity contribution in [3.8, 4) is 0 Å². The van der Waals surface area contributed by atoms with Crippen LogP contribution >= 0.6 is 15.9 Å². The average Bonchev–Trinajstić information content (AvgIpc) is 2.97. The van der Waals surface area contributed by atoms with Crippen molar-refractivity contribution >= 4 is 21.9 Å². The Hall–Kier alpha value is -0.870. The van der Waals surface area contributed by atoms with Gasteiger partial charge >= 0.3 is 5.97 Å². The number of ether oxygens (including phenoxy) is 2. The minimum absolute atomic E-state index is 0.155. The molecule has 1 aliphatic rings. The Morgan fingerprint density at radius 3 is 2.86 bits per heavy atom. The molecule has 0 spiro atoms. The highest BCUT2D eigenvalue weighted by Gasteiger charge is 2.47. The average molecular weight is 257 g/mol. The summed E-state index contributed by atoms with van der Waals surface area (Å²) in [7, 11) is 1.36. The molecule has 0 N–H and O–H groups in total. The molecule has 1 fully saturated rings. The molecule has 0 amide bonds. The fourth-order valence-corrected chi connectivity index (χ4v) is 1.86. The van der Waals surface area contributed by atoms with Gasteiger partial charge in [0.1, 0.15) is 6.10 Å². The molecule has 0 saturated carbocycles.